The van der Waals surface area contributed by atoms with E-state index < -0.39 is 0 Å². The molecule has 3 rings (SSSR count). The number of rotatable bonds is 6. The highest BCUT2D eigenvalue weighted by Crippen LogP contribution is 2.27. The molecule has 1 aromatic carbocycles. The second kappa shape index (κ2) is 7.98. The molecule has 0 aliphatic carbocycles. The van der Waals surface area contributed by atoms with Crippen molar-refractivity contribution in [1.82, 2.24) is 15.1 Å². The first-order valence-corrected chi connectivity index (χ1v) is 9.17. The first kappa shape index (κ1) is 18.5. The number of furan rings is 1. The first-order chi connectivity index (χ1) is 12.5. The van der Waals surface area contributed by atoms with Gasteiger partial charge in [0, 0.05) is 0 Å². The Morgan fingerprint density at radius 3 is 2.62 bits per heavy atom. The number of carbonyl (C=O) groups excluding carboxylic acids is 1. The van der Waals surface area contributed by atoms with E-state index in [9.17, 15) is 4.79 Å². The quantitative estimate of drug-likeness (QED) is 0.654. The van der Waals surface area contributed by atoms with E-state index >= 15 is 0 Å². The Morgan fingerprint density at radius 2 is 2.00 bits per heavy atom. The van der Waals surface area contributed by atoms with Gasteiger partial charge in [0.1, 0.15) is 5.76 Å². The minimum absolute atomic E-state index is 0.165. The van der Waals surface area contributed by atoms with Gasteiger partial charge in [-0.2, -0.15) is 5.10 Å². The maximum atomic E-state index is 12.8. The number of hydrogen-bond donors (Lipinski definition) is 1. The number of carbonyl (C=O) groups is 1. The van der Waals surface area contributed by atoms with E-state index in [2.05, 4.69) is 10.4 Å². The molecule has 3 aromatic rings. The number of benzene rings is 1. The SMILES string of the molecule is CCc1nn(-c2ccc(Cl)c(Cl)c2)c(CC)c1C(=O)NCc1ccco1. The number of aryl methyl sites for hydroxylation is 1. The van der Waals surface area contributed by atoms with Gasteiger partial charge in [0.05, 0.1) is 45.5 Å². The molecule has 0 bridgehead atoms. The first-order valence-electron chi connectivity index (χ1n) is 8.41. The van der Waals surface area contributed by atoms with Crippen molar-refractivity contribution < 1.29 is 9.21 Å². The van der Waals surface area contributed by atoms with Gasteiger partial charge in [-0.3, -0.25) is 4.79 Å². The monoisotopic (exact) mass is 391 g/mol. The number of halogens is 2. The summed E-state index contributed by atoms with van der Waals surface area (Å²) in [4.78, 5) is 12.8. The van der Waals surface area contributed by atoms with Crippen LogP contribution in [0.15, 0.2) is 41.0 Å². The highest BCUT2D eigenvalue weighted by molar-refractivity contribution is 6.42. The molecule has 1 amide bonds. The van der Waals surface area contributed by atoms with E-state index in [0.717, 1.165) is 17.1 Å². The molecule has 0 radical (unpaired) electrons. The smallest absolute Gasteiger partial charge is 0.255 e. The van der Waals surface area contributed by atoms with Crippen LogP contribution in [0.5, 0.6) is 0 Å². The zero-order valence-corrected chi connectivity index (χ0v) is 16.1. The fourth-order valence-corrected chi connectivity index (χ4v) is 3.13. The molecule has 0 aliphatic rings. The van der Waals surface area contributed by atoms with E-state index in [1.807, 2.05) is 26.0 Å². The summed E-state index contributed by atoms with van der Waals surface area (Å²) < 4.78 is 7.04. The van der Waals surface area contributed by atoms with Gasteiger partial charge in [0.15, 0.2) is 0 Å². The van der Waals surface area contributed by atoms with Crippen LogP contribution in [0.4, 0.5) is 0 Å². The summed E-state index contributed by atoms with van der Waals surface area (Å²) in [5, 5.41) is 8.47. The molecule has 136 valence electrons. The molecule has 0 spiro atoms. The number of amides is 1. The van der Waals surface area contributed by atoms with Crippen LogP contribution >= 0.6 is 23.2 Å². The van der Waals surface area contributed by atoms with Crippen LogP contribution in [0.1, 0.15) is 41.4 Å². The summed E-state index contributed by atoms with van der Waals surface area (Å²) >= 11 is 12.2. The lowest BCUT2D eigenvalue weighted by Crippen LogP contribution is -2.24. The van der Waals surface area contributed by atoms with Gasteiger partial charge in [-0.1, -0.05) is 37.0 Å². The maximum absolute atomic E-state index is 12.8. The Balaban J connectivity index is 1.97. The lowest BCUT2D eigenvalue weighted by atomic mass is 10.1. The molecule has 26 heavy (non-hydrogen) atoms. The third-order valence-electron chi connectivity index (χ3n) is 4.10. The van der Waals surface area contributed by atoms with Gasteiger partial charge < -0.3 is 9.73 Å². The predicted octanol–water partition coefficient (Wildman–Crippen LogP) is 4.83. The lowest BCUT2D eigenvalue weighted by molar-refractivity contribution is 0.0946. The lowest BCUT2D eigenvalue weighted by Gasteiger charge is -2.09. The molecule has 0 saturated carbocycles. The molecule has 2 aromatic heterocycles. The molecular weight excluding hydrogens is 373 g/mol. The van der Waals surface area contributed by atoms with Gasteiger partial charge in [-0.05, 0) is 43.2 Å². The van der Waals surface area contributed by atoms with E-state index in [-0.39, 0.29) is 5.91 Å². The summed E-state index contributed by atoms with van der Waals surface area (Å²) in [5.74, 6) is 0.535. The molecule has 0 aliphatic heterocycles. The normalized spacial score (nSPS) is 10.9. The fourth-order valence-electron chi connectivity index (χ4n) is 2.84. The topological polar surface area (TPSA) is 60.1 Å². The molecule has 0 unspecified atom stereocenters. The van der Waals surface area contributed by atoms with Crippen molar-refractivity contribution in [2.24, 2.45) is 0 Å². The molecule has 0 saturated heterocycles. The van der Waals surface area contributed by atoms with Gasteiger partial charge in [-0.25, -0.2) is 4.68 Å². The predicted molar refractivity (Wildman–Crippen MR) is 102 cm³/mol. The van der Waals surface area contributed by atoms with E-state index in [0.29, 0.717) is 40.8 Å². The van der Waals surface area contributed by atoms with Crippen molar-refractivity contribution in [3.05, 3.63) is 69.4 Å². The zero-order valence-electron chi connectivity index (χ0n) is 14.6. The Hall–Kier alpha value is -2.24. The van der Waals surface area contributed by atoms with Crippen LogP contribution in [-0.4, -0.2) is 15.7 Å². The number of nitrogens with one attached hydrogen (secondary N) is 1. The fraction of sp³-hybridized carbons (Fsp3) is 0.263. The van der Waals surface area contributed by atoms with Gasteiger partial charge in [-0.15, -0.1) is 0 Å². The van der Waals surface area contributed by atoms with Gasteiger partial charge in [0.2, 0.25) is 0 Å². The Kier molecular flexibility index (Phi) is 5.69. The Bertz CT molecular complexity index is 917. The molecule has 7 heteroatoms. The standard InChI is InChI=1S/C19H19Cl2N3O2/c1-3-16-18(19(25)22-11-13-6-5-9-26-13)17(4-2)24(23-16)12-7-8-14(20)15(21)10-12/h5-10H,3-4,11H2,1-2H3,(H,22,25). The average molecular weight is 392 g/mol. The van der Waals surface area contributed by atoms with Crippen LogP contribution in [0, 0.1) is 0 Å². The van der Waals surface area contributed by atoms with E-state index in [1.54, 1.807) is 29.1 Å². The van der Waals surface area contributed by atoms with Crippen LogP contribution < -0.4 is 5.32 Å². The third-order valence-corrected chi connectivity index (χ3v) is 4.84. The van der Waals surface area contributed by atoms with Gasteiger partial charge in [0.25, 0.3) is 5.91 Å². The van der Waals surface area contributed by atoms with Crippen molar-refractivity contribution in [3.63, 3.8) is 0 Å². The summed E-state index contributed by atoms with van der Waals surface area (Å²) in [7, 11) is 0. The molecule has 0 fully saturated rings. The Labute approximate surface area is 161 Å². The van der Waals surface area contributed by atoms with Crippen LogP contribution in [0.2, 0.25) is 10.0 Å². The molecule has 0 atom stereocenters. The van der Waals surface area contributed by atoms with Crippen molar-refractivity contribution >= 4 is 29.1 Å². The average Bonchev–Trinajstić information content (AvgIpc) is 3.28. The Morgan fingerprint density at radius 1 is 1.19 bits per heavy atom. The molecule has 2 heterocycles. The van der Waals surface area contributed by atoms with Gasteiger partial charge >= 0.3 is 0 Å². The van der Waals surface area contributed by atoms with Crippen molar-refractivity contribution in [2.75, 3.05) is 0 Å². The zero-order chi connectivity index (χ0) is 18.7. The second-order valence-corrected chi connectivity index (χ2v) is 6.56. The summed E-state index contributed by atoms with van der Waals surface area (Å²) in [6.45, 7) is 4.30. The van der Waals surface area contributed by atoms with Crippen molar-refractivity contribution in [3.8, 4) is 5.69 Å². The third kappa shape index (κ3) is 3.64. The number of aromatic nitrogens is 2. The second-order valence-electron chi connectivity index (χ2n) is 5.75. The maximum Gasteiger partial charge on any atom is 0.255 e. The molecular formula is C19H19Cl2N3O2. The largest absolute Gasteiger partial charge is 0.467 e. The molecule has 1 N–H and O–H groups in total. The number of hydrogen-bond acceptors (Lipinski definition) is 3. The minimum atomic E-state index is -0.165. The van der Waals surface area contributed by atoms with E-state index in [1.165, 1.54) is 0 Å². The van der Waals surface area contributed by atoms with Crippen LogP contribution in [-0.2, 0) is 19.4 Å². The number of nitrogens with zero attached hydrogens (tertiary/aromatic N) is 2. The van der Waals surface area contributed by atoms with Crippen molar-refractivity contribution in [1.29, 1.82) is 0 Å². The van der Waals surface area contributed by atoms with E-state index in [4.69, 9.17) is 27.6 Å². The summed E-state index contributed by atoms with van der Waals surface area (Å²) in [6, 6.07) is 8.92. The molecule has 5 nitrogen and oxygen atoms in total. The van der Waals surface area contributed by atoms with Crippen LogP contribution in [0.25, 0.3) is 5.69 Å². The summed E-state index contributed by atoms with van der Waals surface area (Å²) in [6.07, 6.45) is 2.88. The van der Waals surface area contributed by atoms with Crippen molar-refractivity contribution in [2.45, 2.75) is 33.2 Å². The summed E-state index contributed by atoms with van der Waals surface area (Å²) in [5.41, 5.74) is 2.95. The van der Waals surface area contributed by atoms with Crippen LogP contribution in [0.3, 0.4) is 0 Å². The minimum Gasteiger partial charge on any atom is -0.467 e. The highest BCUT2D eigenvalue weighted by atomic mass is 35.5. The highest BCUT2D eigenvalue weighted by Gasteiger charge is 2.23.